The summed E-state index contributed by atoms with van der Waals surface area (Å²) in [4.78, 5) is 0. The standard InChI is InChI=1S/C17H25NO3/c19-18-11-3-1-2-6-16(14-15-4-5-15)7-9-17(10-8-16)20-12-13-21-17/h11,15,19H,2,4-10,12-14H2. The van der Waals surface area contributed by atoms with Crippen LogP contribution in [0, 0.1) is 23.2 Å². The molecule has 1 spiro atoms. The molecule has 0 aromatic heterocycles. The van der Waals surface area contributed by atoms with Crippen LogP contribution in [-0.2, 0) is 9.47 Å². The summed E-state index contributed by atoms with van der Waals surface area (Å²) in [5.41, 5.74) is 0.423. The van der Waals surface area contributed by atoms with E-state index in [-0.39, 0.29) is 5.79 Å². The molecule has 3 fully saturated rings. The molecule has 0 atom stereocenters. The van der Waals surface area contributed by atoms with Crippen molar-refractivity contribution in [3.05, 3.63) is 0 Å². The first-order valence-electron chi connectivity index (χ1n) is 8.18. The predicted octanol–water partition coefficient (Wildman–Crippen LogP) is 3.33. The normalized spacial score (nSPS) is 26.9. The molecular formula is C17H25NO3. The highest BCUT2D eigenvalue weighted by molar-refractivity contribution is 5.77. The van der Waals surface area contributed by atoms with Crippen molar-refractivity contribution in [3.8, 4) is 11.8 Å². The van der Waals surface area contributed by atoms with Crippen LogP contribution in [0.15, 0.2) is 5.16 Å². The number of hydrogen-bond acceptors (Lipinski definition) is 4. The summed E-state index contributed by atoms with van der Waals surface area (Å²) >= 11 is 0. The smallest absolute Gasteiger partial charge is 0.168 e. The molecule has 21 heavy (non-hydrogen) atoms. The van der Waals surface area contributed by atoms with E-state index in [1.54, 1.807) is 0 Å². The molecular weight excluding hydrogens is 266 g/mol. The van der Waals surface area contributed by atoms with Gasteiger partial charge in [-0.25, -0.2) is 0 Å². The molecule has 4 heteroatoms. The van der Waals surface area contributed by atoms with Crippen molar-refractivity contribution in [2.24, 2.45) is 16.5 Å². The maximum Gasteiger partial charge on any atom is 0.168 e. The van der Waals surface area contributed by atoms with Gasteiger partial charge in [0, 0.05) is 19.3 Å². The number of oxime groups is 1. The zero-order chi connectivity index (χ0) is 14.6. The van der Waals surface area contributed by atoms with E-state index in [1.165, 1.54) is 38.3 Å². The van der Waals surface area contributed by atoms with Gasteiger partial charge in [0.15, 0.2) is 5.79 Å². The SMILES string of the molecule is ON=CC#CCCC1(CC2CC2)CCC2(CC1)OCCO2. The second-order valence-corrected chi connectivity index (χ2v) is 6.82. The first-order valence-corrected chi connectivity index (χ1v) is 8.18. The first kappa shape index (κ1) is 14.9. The average molecular weight is 291 g/mol. The average Bonchev–Trinajstić information content (AvgIpc) is 3.19. The zero-order valence-corrected chi connectivity index (χ0v) is 12.6. The molecule has 1 saturated heterocycles. The minimum absolute atomic E-state index is 0.262. The summed E-state index contributed by atoms with van der Waals surface area (Å²) in [5.74, 6) is 6.54. The summed E-state index contributed by atoms with van der Waals surface area (Å²) in [5, 5.41) is 11.3. The molecule has 0 amide bonds. The van der Waals surface area contributed by atoms with Crippen LogP contribution in [-0.4, -0.2) is 30.4 Å². The van der Waals surface area contributed by atoms with E-state index in [2.05, 4.69) is 17.0 Å². The molecule has 116 valence electrons. The van der Waals surface area contributed by atoms with E-state index >= 15 is 0 Å². The van der Waals surface area contributed by atoms with Gasteiger partial charge < -0.3 is 14.7 Å². The fraction of sp³-hybridized carbons (Fsp3) is 0.824. The largest absolute Gasteiger partial charge is 0.410 e. The van der Waals surface area contributed by atoms with Crippen LogP contribution in [0.2, 0.25) is 0 Å². The van der Waals surface area contributed by atoms with E-state index in [1.807, 2.05) is 0 Å². The minimum Gasteiger partial charge on any atom is -0.410 e. The summed E-state index contributed by atoms with van der Waals surface area (Å²) in [6, 6.07) is 0. The molecule has 0 aromatic carbocycles. The van der Waals surface area contributed by atoms with Crippen LogP contribution >= 0.6 is 0 Å². The van der Waals surface area contributed by atoms with Crippen molar-refractivity contribution < 1.29 is 14.7 Å². The fourth-order valence-corrected chi connectivity index (χ4v) is 3.91. The first-order chi connectivity index (χ1) is 10.3. The molecule has 0 unspecified atom stereocenters. The second-order valence-electron chi connectivity index (χ2n) is 6.82. The number of rotatable bonds is 4. The Kier molecular flexibility index (Phi) is 4.51. The van der Waals surface area contributed by atoms with Gasteiger partial charge in [-0.1, -0.05) is 29.8 Å². The lowest BCUT2D eigenvalue weighted by Gasteiger charge is -2.44. The minimum atomic E-state index is -0.262. The van der Waals surface area contributed by atoms with Crippen molar-refractivity contribution >= 4 is 6.21 Å². The summed E-state index contributed by atoms with van der Waals surface area (Å²) in [6.07, 6.45) is 11.9. The highest BCUT2D eigenvalue weighted by atomic mass is 16.7. The lowest BCUT2D eigenvalue weighted by atomic mass is 9.66. The third-order valence-corrected chi connectivity index (χ3v) is 5.31. The number of nitrogens with zero attached hydrogens (tertiary/aromatic N) is 1. The molecule has 0 radical (unpaired) electrons. The maximum absolute atomic E-state index is 8.35. The van der Waals surface area contributed by atoms with Crippen molar-refractivity contribution in [3.63, 3.8) is 0 Å². The molecule has 1 N–H and O–H groups in total. The fourth-order valence-electron chi connectivity index (χ4n) is 3.91. The molecule has 3 rings (SSSR count). The van der Waals surface area contributed by atoms with Gasteiger partial charge in [0.25, 0.3) is 0 Å². The Hall–Kier alpha value is -1.05. The molecule has 0 bridgehead atoms. The number of ether oxygens (including phenoxy) is 2. The highest BCUT2D eigenvalue weighted by Gasteiger charge is 2.47. The Labute approximate surface area is 126 Å². The summed E-state index contributed by atoms with van der Waals surface area (Å²) in [7, 11) is 0. The molecule has 4 nitrogen and oxygen atoms in total. The van der Waals surface area contributed by atoms with Crippen molar-refractivity contribution in [1.29, 1.82) is 0 Å². The molecule has 3 aliphatic rings. The third kappa shape index (κ3) is 3.78. The van der Waals surface area contributed by atoms with Crippen molar-refractivity contribution in [2.45, 2.75) is 63.6 Å². The van der Waals surface area contributed by atoms with Gasteiger partial charge in [-0.05, 0) is 37.0 Å². The predicted molar refractivity (Wildman–Crippen MR) is 80.2 cm³/mol. The van der Waals surface area contributed by atoms with Crippen molar-refractivity contribution in [1.82, 2.24) is 0 Å². The van der Waals surface area contributed by atoms with Crippen LogP contribution in [0.4, 0.5) is 0 Å². The highest BCUT2D eigenvalue weighted by Crippen LogP contribution is 2.53. The van der Waals surface area contributed by atoms with E-state index in [0.29, 0.717) is 5.41 Å². The van der Waals surface area contributed by atoms with Crippen molar-refractivity contribution in [2.75, 3.05) is 13.2 Å². The van der Waals surface area contributed by atoms with Gasteiger partial charge in [-0.15, -0.1) is 0 Å². The quantitative estimate of drug-likeness (QED) is 0.374. The van der Waals surface area contributed by atoms with Crippen LogP contribution in [0.1, 0.15) is 57.8 Å². The van der Waals surface area contributed by atoms with E-state index in [9.17, 15) is 0 Å². The van der Waals surface area contributed by atoms with E-state index in [0.717, 1.165) is 44.8 Å². The summed E-state index contributed by atoms with van der Waals surface area (Å²) in [6.45, 7) is 1.50. The Morgan fingerprint density at radius 3 is 2.48 bits per heavy atom. The van der Waals surface area contributed by atoms with Gasteiger partial charge in [-0.3, -0.25) is 0 Å². The molecule has 0 aromatic rings. The van der Waals surface area contributed by atoms with E-state index < -0.39 is 0 Å². The molecule has 2 aliphatic carbocycles. The van der Waals surface area contributed by atoms with Gasteiger partial charge in [0.1, 0.15) is 6.21 Å². The maximum atomic E-state index is 8.35. The lowest BCUT2D eigenvalue weighted by Crippen LogP contribution is -2.40. The summed E-state index contributed by atoms with van der Waals surface area (Å²) < 4.78 is 11.7. The van der Waals surface area contributed by atoms with Gasteiger partial charge in [0.2, 0.25) is 0 Å². The van der Waals surface area contributed by atoms with Crippen LogP contribution in [0.25, 0.3) is 0 Å². The zero-order valence-electron chi connectivity index (χ0n) is 12.6. The monoisotopic (exact) mass is 291 g/mol. The van der Waals surface area contributed by atoms with Gasteiger partial charge in [-0.2, -0.15) is 0 Å². The molecule has 1 heterocycles. The van der Waals surface area contributed by atoms with Crippen LogP contribution in [0.3, 0.4) is 0 Å². The molecule has 1 aliphatic heterocycles. The van der Waals surface area contributed by atoms with Gasteiger partial charge in [0.05, 0.1) is 13.2 Å². The van der Waals surface area contributed by atoms with Crippen LogP contribution in [0.5, 0.6) is 0 Å². The third-order valence-electron chi connectivity index (χ3n) is 5.31. The van der Waals surface area contributed by atoms with E-state index in [4.69, 9.17) is 14.7 Å². The Bertz CT molecular complexity index is 429. The topological polar surface area (TPSA) is 51.1 Å². The Morgan fingerprint density at radius 2 is 1.86 bits per heavy atom. The molecule has 2 saturated carbocycles. The lowest BCUT2D eigenvalue weighted by molar-refractivity contribution is -0.193. The van der Waals surface area contributed by atoms with Gasteiger partial charge >= 0.3 is 0 Å². The Balaban J connectivity index is 1.57. The number of hydrogen-bond donors (Lipinski definition) is 1. The Morgan fingerprint density at radius 1 is 1.14 bits per heavy atom. The second kappa shape index (κ2) is 6.37. The van der Waals surface area contributed by atoms with Crippen LogP contribution < -0.4 is 0 Å².